The minimum absolute atomic E-state index is 0.576. The third-order valence-corrected chi connectivity index (χ3v) is 4.65. The second-order valence-electron chi connectivity index (χ2n) is 6.77. The van der Waals surface area contributed by atoms with Gasteiger partial charge in [-0.2, -0.15) is 0 Å². The smallest absolute Gasteiger partial charge is 0.331 e. The molecule has 23 heavy (non-hydrogen) atoms. The van der Waals surface area contributed by atoms with Gasteiger partial charge in [-0.05, 0) is 45.3 Å². The van der Waals surface area contributed by atoms with E-state index in [0.717, 1.165) is 27.4 Å². The van der Waals surface area contributed by atoms with E-state index < -0.39 is 11.2 Å². The Morgan fingerprint density at radius 3 is 2.48 bits per heavy atom. The van der Waals surface area contributed by atoms with E-state index in [4.69, 9.17) is 20.7 Å². The van der Waals surface area contributed by atoms with E-state index in [0.29, 0.717) is 5.02 Å². The standard InChI is InChI=1S/C18H19BClO3/c1-17(2,21)18(3,4)23-19-13-9-11(20)10-15-16(13)12-7-5-6-8-14(12)22-15/h5-10,21H,1-4H3. The molecule has 119 valence electrons. The molecule has 1 radical (unpaired) electrons. The molecule has 0 aliphatic rings. The van der Waals surface area contributed by atoms with Crippen molar-refractivity contribution < 1.29 is 14.2 Å². The molecule has 1 N–H and O–H groups in total. The highest BCUT2D eigenvalue weighted by molar-refractivity contribution is 6.53. The summed E-state index contributed by atoms with van der Waals surface area (Å²) in [5.74, 6) is 0. The van der Waals surface area contributed by atoms with Crippen LogP contribution < -0.4 is 5.46 Å². The Kier molecular flexibility index (Phi) is 3.95. The van der Waals surface area contributed by atoms with Crippen molar-refractivity contribution in [2.75, 3.05) is 0 Å². The Morgan fingerprint density at radius 1 is 1.09 bits per heavy atom. The highest BCUT2D eigenvalue weighted by Crippen LogP contribution is 2.30. The molecule has 3 rings (SSSR count). The van der Waals surface area contributed by atoms with Gasteiger partial charge in [0.2, 0.25) is 0 Å². The van der Waals surface area contributed by atoms with E-state index in [-0.39, 0.29) is 0 Å². The molecule has 3 nitrogen and oxygen atoms in total. The summed E-state index contributed by atoms with van der Waals surface area (Å²) in [4.78, 5) is 0. The van der Waals surface area contributed by atoms with Crippen molar-refractivity contribution >= 4 is 46.5 Å². The van der Waals surface area contributed by atoms with Gasteiger partial charge in [-0.15, -0.1) is 0 Å². The molecular weight excluding hydrogens is 310 g/mol. The van der Waals surface area contributed by atoms with Crippen molar-refractivity contribution in [2.45, 2.75) is 38.9 Å². The van der Waals surface area contributed by atoms with Crippen LogP contribution in [0.5, 0.6) is 0 Å². The van der Waals surface area contributed by atoms with Crippen LogP contribution in [0.4, 0.5) is 0 Å². The average Bonchev–Trinajstić information content (AvgIpc) is 2.81. The van der Waals surface area contributed by atoms with Gasteiger partial charge < -0.3 is 14.2 Å². The minimum atomic E-state index is -0.986. The molecule has 0 bridgehead atoms. The summed E-state index contributed by atoms with van der Waals surface area (Å²) in [6.45, 7) is 7.14. The molecule has 0 unspecified atom stereocenters. The van der Waals surface area contributed by atoms with Crippen LogP contribution in [0.25, 0.3) is 21.9 Å². The fraction of sp³-hybridized carbons (Fsp3) is 0.333. The zero-order valence-electron chi connectivity index (χ0n) is 13.7. The molecule has 0 saturated carbocycles. The van der Waals surface area contributed by atoms with E-state index in [9.17, 15) is 5.11 Å². The largest absolute Gasteiger partial charge is 0.456 e. The number of hydrogen-bond donors (Lipinski definition) is 1. The first-order chi connectivity index (χ1) is 10.7. The lowest BCUT2D eigenvalue weighted by atomic mass is 9.80. The van der Waals surface area contributed by atoms with Crippen LogP contribution in [0.3, 0.4) is 0 Å². The lowest BCUT2D eigenvalue weighted by Gasteiger charge is -2.37. The average molecular weight is 330 g/mol. The first kappa shape index (κ1) is 16.4. The monoisotopic (exact) mass is 329 g/mol. The van der Waals surface area contributed by atoms with Crippen molar-refractivity contribution in [1.29, 1.82) is 0 Å². The topological polar surface area (TPSA) is 42.6 Å². The van der Waals surface area contributed by atoms with E-state index in [1.165, 1.54) is 0 Å². The van der Waals surface area contributed by atoms with E-state index >= 15 is 0 Å². The molecule has 0 atom stereocenters. The van der Waals surface area contributed by atoms with Crippen LogP contribution in [-0.4, -0.2) is 23.8 Å². The Bertz CT molecular complexity index is 862. The zero-order chi connectivity index (χ0) is 16.8. The second-order valence-corrected chi connectivity index (χ2v) is 7.21. The molecule has 0 amide bonds. The maximum absolute atomic E-state index is 10.2. The predicted octanol–water partition coefficient (Wildman–Crippen LogP) is 4.05. The fourth-order valence-corrected chi connectivity index (χ4v) is 2.52. The first-order valence-corrected chi connectivity index (χ1v) is 7.91. The number of halogens is 1. The Morgan fingerprint density at radius 2 is 1.78 bits per heavy atom. The molecule has 0 spiro atoms. The van der Waals surface area contributed by atoms with Crippen LogP contribution in [0.15, 0.2) is 40.8 Å². The molecule has 0 saturated heterocycles. The van der Waals surface area contributed by atoms with Gasteiger partial charge in [-0.1, -0.05) is 29.8 Å². The summed E-state index contributed by atoms with van der Waals surface area (Å²) in [5, 5.41) is 12.8. The first-order valence-electron chi connectivity index (χ1n) is 7.53. The van der Waals surface area contributed by atoms with Crippen molar-refractivity contribution in [2.24, 2.45) is 0 Å². The maximum atomic E-state index is 10.2. The van der Waals surface area contributed by atoms with Crippen molar-refractivity contribution in [3.05, 3.63) is 41.4 Å². The number of para-hydroxylation sites is 1. The Labute approximate surface area is 141 Å². The van der Waals surface area contributed by atoms with Gasteiger partial charge in [-0.3, -0.25) is 0 Å². The lowest BCUT2D eigenvalue weighted by Crippen LogP contribution is -2.49. The number of hydrogen-bond acceptors (Lipinski definition) is 3. The third-order valence-electron chi connectivity index (χ3n) is 4.43. The molecule has 0 aliphatic carbocycles. The predicted molar refractivity (Wildman–Crippen MR) is 95.6 cm³/mol. The van der Waals surface area contributed by atoms with Gasteiger partial charge in [0.25, 0.3) is 0 Å². The van der Waals surface area contributed by atoms with Gasteiger partial charge >= 0.3 is 7.48 Å². The normalized spacial score (nSPS) is 13.0. The summed E-state index contributed by atoms with van der Waals surface area (Å²) in [5.41, 5.74) is 0.617. The van der Waals surface area contributed by atoms with Crippen molar-refractivity contribution in [1.82, 2.24) is 0 Å². The van der Waals surface area contributed by atoms with Crippen molar-refractivity contribution in [3.8, 4) is 0 Å². The molecule has 1 aromatic heterocycles. The number of fused-ring (bicyclic) bond motifs is 3. The molecule has 3 aromatic rings. The van der Waals surface area contributed by atoms with Gasteiger partial charge in [-0.25, -0.2) is 0 Å². The highest BCUT2D eigenvalue weighted by atomic mass is 35.5. The van der Waals surface area contributed by atoms with Gasteiger partial charge in [0.1, 0.15) is 11.2 Å². The van der Waals surface area contributed by atoms with Crippen LogP contribution in [0.1, 0.15) is 27.7 Å². The number of rotatable bonds is 4. The Hall–Kier alpha value is -1.49. The van der Waals surface area contributed by atoms with Gasteiger partial charge in [0.05, 0.1) is 11.2 Å². The number of furan rings is 1. The molecule has 0 aliphatic heterocycles. The van der Waals surface area contributed by atoms with Crippen LogP contribution in [0, 0.1) is 0 Å². The molecule has 2 aromatic carbocycles. The van der Waals surface area contributed by atoms with E-state index in [2.05, 4.69) is 0 Å². The summed E-state index contributed by atoms with van der Waals surface area (Å²) < 4.78 is 11.7. The van der Waals surface area contributed by atoms with Crippen molar-refractivity contribution in [3.63, 3.8) is 0 Å². The molecule has 5 heteroatoms. The fourth-order valence-electron chi connectivity index (χ4n) is 2.30. The number of benzene rings is 2. The molecule has 1 heterocycles. The minimum Gasteiger partial charge on any atom is -0.456 e. The second kappa shape index (κ2) is 5.55. The summed E-state index contributed by atoms with van der Waals surface area (Å²) in [6.07, 6.45) is 0. The lowest BCUT2D eigenvalue weighted by molar-refractivity contribution is -0.0893. The van der Waals surface area contributed by atoms with Crippen LogP contribution in [-0.2, 0) is 4.65 Å². The third kappa shape index (κ3) is 2.99. The summed E-state index contributed by atoms with van der Waals surface area (Å²) in [6, 6.07) is 11.5. The number of aliphatic hydroxyl groups is 1. The maximum Gasteiger partial charge on any atom is 0.331 e. The highest BCUT2D eigenvalue weighted by Gasteiger charge is 2.36. The summed E-state index contributed by atoms with van der Waals surface area (Å²) >= 11 is 6.21. The molecular formula is C18H19BClO3. The molecule has 0 fully saturated rings. The van der Waals surface area contributed by atoms with E-state index in [1.807, 2.05) is 44.2 Å². The Balaban J connectivity index is 2.07. The quantitative estimate of drug-likeness (QED) is 0.734. The van der Waals surface area contributed by atoms with Crippen LogP contribution >= 0.6 is 11.6 Å². The zero-order valence-corrected chi connectivity index (χ0v) is 14.4. The SMILES string of the molecule is CC(C)(O)C(C)(C)O[B]c1cc(Cl)cc2oc3ccccc3c12. The van der Waals surface area contributed by atoms with Gasteiger partial charge in [0.15, 0.2) is 0 Å². The van der Waals surface area contributed by atoms with Gasteiger partial charge in [0, 0.05) is 21.9 Å². The summed E-state index contributed by atoms with van der Waals surface area (Å²) in [7, 11) is 1.65. The van der Waals surface area contributed by atoms with Crippen LogP contribution in [0.2, 0.25) is 5.02 Å². The van der Waals surface area contributed by atoms with E-state index in [1.54, 1.807) is 27.4 Å².